The van der Waals surface area contributed by atoms with E-state index in [1.807, 2.05) is 0 Å². The standard InChI is InChI=1S/C19H22N2O5S/c1-21(19(23)17-7-4-12-26-17)13-18(22)20-14-8-10-16(11-9-14)27(24,25)15-5-2-3-6-15/h4,7-12,15H,2-3,5-6,13H2,1H3,(H,20,22). The van der Waals surface area contributed by atoms with E-state index in [0.29, 0.717) is 18.5 Å². The summed E-state index contributed by atoms with van der Waals surface area (Å²) in [5, 5.41) is 2.36. The molecule has 0 spiro atoms. The zero-order valence-electron chi connectivity index (χ0n) is 15.1. The van der Waals surface area contributed by atoms with Crippen LogP contribution in [0.3, 0.4) is 0 Å². The van der Waals surface area contributed by atoms with E-state index >= 15 is 0 Å². The first kappa shape index (κ1) is 19.2. The Kier molecular flexibility index (Phi) is 5.65. The quantitative estimate of drug-likeness (QED) is 0.818. The Morgan fingerprint density at radius 3 is 2.41 bits per heavy atom. The molecule has 2 amide bonds. The maximum Gasteiger partial charge on any atom is 0.289 e. The maximum atomic E-state index is 12.6. The minimum atomic E-state index is -3.32. The van der Waals surface area contributed by atoms with Crippen molar-refractivity contribution in [3.8, 4) is 0 Å². The number of rotatable bonds is 6. The van der Waals surface area contributed by atoms with Gasteiger partial charge in [-0.2, -0.15) is 0 Å². The third-order valence-corrected chi connectivity index (χ3v) is 6.95. The van der Waals surface area contributed by atoms with Gasteiger partial charge in [0.05, 0.1) is 23.0 Å². The normalized spacial score (nSPS) is 14.9. The number of carbonyl (C=O) groups excluding carboxylic acids is 2. The number of benzene rings is 1. The lowest BCUT2D eigenvalue weighted by molar-refractivity contribution is -0.116. The average molecular weight is 390 g/mol. The van der Waals surface area contributed by atoms with Gasteiger partial charge >= 0.3 is 0 Å². The molecule has 0 unspecified atom stereocenters. The monoisotopic (exact) mass is 390 g/mol. The van der Waals surface area contributed by atoms with Gasteiger partial charge in [-0.15, -0.1) is 0 Å². The molecular formula is C19H22N2O5S. The fraction of sp³-hybridized carbons (Fsp3) is 0.368. The summed E-state index contributed by atoms with van der Waals surface area (Å²) >= 11 is 0. The molecule has 0 aliphatic heterocycles. The van der Waals surface area contributed by atoms with Crippen molar-refractivity contribution in [2.75, 3.05) is 18.9 Å². The Balaban J connectivity index is 1.59. The molecule has 0 saturated heterocycles. The molecule has 1 aliphatic rings. The van der Waals surface area contributed by atoms with Gasteiger partial charge in [0.2, 0.25) is 5.91 Å². The average Bonchev–Trinajstić information content (AvgIpc) is 3.35. The SMILES string of the molecule is CN(CC(=O)Nc1ccc(S(=O)(=O)C2CCCC2)cc1)C(=O)c1ccco1. The molecule has 1 saturated carbocycles. The predicted octanol–water partition coefficient (Wildman–Crippen LogP) is 2.71. The molecule has 27 heavy (non-hydrogen) atoms. The summed E-state index contributed by atoms with van der Waals surface area (Å²) in [5.41, 5.74) is 0.476. The number of hydrogen-bond acceptors (Lipinski definition) is 5. The Bertz CT molecular complexity index is 898. The topological polar surface area (TPSA) is 96.7 Å². The third-order valence-electron chi connectivity index (χ3n) is 4.67. The van der Waals surface area contributed by atoms with Gasteiger partial charge in [-0.1, -0.05) is 12.8 Å². The smallest absolute Gasteiger partial charge is 0.289 e. The maximum absolute atomic E-state index is 12.6. The molecule has 144 valence electrons. The van der Waals surface area contributed by atoms with E-state index in [-0.39, 0.29) is 28.4 Å². The predicted molar refractivity (Wildman–Crippen MR) is 100 cm³/mol. The fourth-order valence-electron chi connectivity index (χ4n) is 3.20. The van der Waals surface area contributed by atoms with Crippen LogP contribution in [0.15, 0.2) is 52.0 Å². The number of carbonyl (C=O) groups is 2. The van der Waals surface area contributed by atoms with Gasteiger partial charge in [0.1, 0.15) is 0 Å². The highest BCUT2D eigenvalue weighted by molar-refractivity contribution is 7.92. The summed E-state index contributed by atoms with van der Waals surface area (Å²) in [6, 6.07) is 9.28. The summed E-state index contributed by atoms with van der Waals surface area (Å²) in [6.45, 7) is -0.151. The molecule has 3 rings (SSSR count). The lowest BCUT2D eigenvalue weighted by atomic mass is 10.3. The molecule has 7 nitrogen and oxygen atoms in total. The molecule has 1 fully saturated rings. The van der Waals surface area contributed by atoms with E-state index in [1.54, 1.807) is 18.2 Å². The summed E-state index contributed by atoms with van der Waals surface area (Å²) < 4.78 is 30.1. The number of nitrogens with zero attached hydrogens (tertiary/aromatic N) is 1. The van der Waals surface area contributed by atoms with E-state index in [2.05, 4.69) is 5.32 Å². The van der Waals surface area contributed by atoms with Crippen molar-refractivity contribution in [3.05, 3.63) is 48.4 Å². The molecule has 1 aromatic heterocycles. The van der Waals surface area contributed by atoms with Crippen LogP contribution in [0.2, 0.25) is 0 Å². The van der Waals surface area contributed by atoms with Crippen LogP contribution in [0.4, 0.5) is 5.69 Å². The van der Waals surface area contributed by atoms with Gasteiger partial charge in [0.15, 0.2) is 15.6 Å². The van der Waals surface area contributed by atoms with Crippen LogP contribution in [0.1, 0.15) is 36.2 Å². The number of sulfone groups is 1. The molecule has 0 atom stereocenters. The second kappa shape index (κ2) is 7.96. The van der Waals surface area contributed by atoms with Crippen LogP contribution >= 0.6 is 0 Å². The first-order valence-electron chi connectivity index (χ1n) is 8.81. The minimum Gasteiger partial charge on any atom is -0.459 e. The van der Waals surface area contributed by atoms with Crippen molar-refractivity contribution in [1.29, 1.82) is 0 Å². The molecular weight excluding hydrogens is 368 g/mol. The fourth-order valence-corrected chi connectivity index (χ4v) is 5.05. The third kappa shape index (κ3) is 4.39. The van der Waals surface area contributed by atoms with Crippen LogP contribution < -0.4 is 5.32 Å². The number of furan rings is 1. The van der Waals surface area contributed by atoms with Gasteiger partial charge in [-0.25, -0.2) is 8.42 Å². The molecule has 8 heteroatoms. The van der Waals surface area contributed by atoms with Gasteiger partial charge in [-0.05, 0) is 49.2 Å². The number of likely N-dealkylation sites (N-methyl/N-ethyl adjacent to an activating group) is 1. The van der Waals surface area contributed by atoms with Crippen molar-refractivity contribution in [3.63, 3.8) is 0 Å². The van der Waals surface area contributed by atoms with Crippen molar-refractivity contribution in [2.24, 2.45) is 0 Å². The molecule has 1 heterocycles. The first-order valence-corrected chi connectivity index (χ1v) is 10.4. The molecule has 0 radical (unpaired) electrons. The summed E-state index contributed by atoms with van der Waals surface area (Å²) in [4.78, 5) is 25.7. The molecule has 1 aromatic carbocycles. The Labute approximate surface area is 158 Å². The van der Waals surface area contributed by atoms with Gasteiger partial charge < -0.3 is 14.6 Å². The first-order chi connectivity index (χ1) is 12.9. The van der Waals surface area contributed by atoms with E-state index in [0.717, 1.165) is 12.8 Å². The Morgan fingerprint density at radius 1 is 1.15 bits per heavy atom. The van der Waals surface area contributed by atoms with Crippen LogP contribution in [0.5, 0.6) is 0 Å². The van der Waals surface area contributed by atoms with Crippen molar-refractivity contribution in [2.45, 2.75) is 35.8 Å². The van der Waals surface area contributed by atoms with Crippen LogP contribution in [-0.2, 0) is 14.6 Å². The summed E-state index contributed by atoms with van der Waals surface area (Å²) in [7, 11) is -1.81. The second-order valence-electron chi connectivity index (χ2n) is 6.66. The lowest BCUT2D eigenvalue weighted by Gasteiger charge is -2.16. The minimum absolute atomic E-state index is 0.151. The van der Waals surface area contributed by atoms with Gasteiger partial charge in [-0.3, -0.25) is 9.59 Å². The van der Waals surface area contributed by atoms with Gasteiger partial charge in [0, 0.05) is 12.7 Å². The van der Waals surface area contributed by atoms with E-state index in [4.69, 9.17) is 4.42 Å². The Morgan fingerprint density at radius 2 is 1.81 bits per heavy atom. The highest BCUT2D eigenvalue weighted by atomic mass is 32.2. The molecule has 1 N–H and O–H groups in total. The van der Waals surface area contributed by atoms with Crippen LogP contribution in [0, 0.1) is 0 Å². The molecule has 0 bridgehead atoms. The number of amides is 2. The number of hydrogen-bond donors (Lipinski definition) is 1. The van der Waals surface area contributed by atoms with Crippen molar-refractivity contribution < 1.29 is 22.4 Å². The Hall–Kier alpha value is -2.61. The number of nitrogens with one attached hydrogen (secondary N) is 1. The summed E-state index contributed by atoms with van der Waals surface area (Å²) in [6.07, 6.45) is 4.70. The van der Waals surface area contributed by atoms with E-state index < -0.39 is 15.7 Å². The molecule has 2 aromatic rings. The zero-order chi connectivity index (χ0) is 19.4. The van der Waals surface area contributed by atoms with Crippen molar-refractivity contribution in [1.82, 2.24) is 4.90 Å². The van der Waals surface area contributed by atoms with Crippen LogP contribution in [-0.4, -0.2) is 44.0 Å². The van der Waals surface area contributed by atoms with Crippen LogP contribution in [0.25, 0.3) is 0 Å². The van der Waals surface area contributed by atoms with Gasteiger partial charge in [0.25, 0.3) is 5.91 Å². The van der Waals surface area contributed by atoms with Crippen molar-refractivity contribution >= 4 is 27.3 Å². The molecule has 1 aliphatic carbocycles. The largest absolute Gasteiger partial charge is 0.459 e. The summed E-state index contributed by atoms with van der Waals surface area (Å²) in [5.74, 6) is -0.622. The van der Waals surface area contributed by atoms with E-state index in [9.17, 15) is 18.0 Å². The lowest BCUT2D eigenvalue weighted by Crippen LogP contribution is -2.34. The highest BCUT2D eigenvalue weighted by Crippen LogP contribution is 2.30. The van der Waals surface area contributed by atoms with E-state index in [1.165, 1.54) is 36.4 Å². The highest BCUT2D eigenvalue weighted by Gasteiger charge is 2.30. The second-order valence-corrected chi connectivity index (χ2v) is 8.89. The number of anilines is 1. The zero-order valence-corrected chi connectivity index (χ0v) is 15.9.